The van der Waals surface area contributed by atoms with Crippen molar-refractivity contribution in [2.24, 2.45) is 0 Å². The van der Waals surface area contributed by atoms with Gasteiger partial charge in [-0.1, -0.05) is 23.5 Å². The zero-order valence-corrected chi connectivity index (χ0v) is 18.9. The van der Waals surface area contributed by atoms with Gasteiger partial charge in [0, 0.05) is 42.7 Å². The summed E-state index contributed by atoms with van der Waals surface area (Å²) in [6.45, 7) is 6.79. The first kappa shape index (κ1) is 21.6. The molecule has 32 heavy (non-hydrogen) atoms. The van der Waals surface area contributed by atoms with Crippen LogP contribution in [0.1, 0.15) is 33.5 Å². The molecule has 2 heterocycles. The highest BCUT2D eigenvalue weighted by molar-refractivity contribution is 7.22. The molecule has 1 amide bonds. The van der Waals surface area contributed by atoms with Gasteiger partial charge >= 0.3 is 0 Å². The highest BCUT2D eigenvalue weighted by Crippen LogP contribution is 2.33. The third-order valence-electron chi connectivity index (χ3n) is 5.37. The quantitative estimate of drug-likeness (QED) is 0.290. The summed E-state index contributed by atoms with van der Waals surface area (Å²) in [5, 5.41) is 12.0. The van der Waals surface area contributed by atoms with Crippen LogP contribution in [0.5, 0.6) is 0 Å². The number of anilines is 1. The third-order valence-corrected chi connectivity index (χ3v) is 6.60. The molecule has 2 aromatic heterocycles. The van der Waals surface area contributed by atoms with E-state index in [2.05, 4.69) is 11.1 Å². The Morgan fingerprint density at radius 2 is 2.06 bits per heavy atom. The molecule has 164 valence electrons. The lowest BCUT2D eigenvalue weighted by atomic mass is 10.1. The predicted molar refractivity (Wildman–Crippen MR) is 125 cm³/mol. The topological polar surface area (TPSA) is 94.2 Å². The Bertz CT molecular complexity index is 1300. The average molecular weight is 450 g/mol. The fourth-order valence-corrected chi connectivity index (χ4v) is 4.83. The maximum Gasteiger partial charge on any atom is 0.273 e. The Morgan fingerprint density at radius 3 is 2.78 bits per heavy atom. The molecule has 2 aromatic carbocycles. The molecule has 0 bridgehead atoms. The van der Waals surface area contributed by atoms with Crippen LogP contribution in [0.2, 0.25) is 0 Å². The summed E-state index contributed by atoms with van der Waals surface area (Å²) in [7, 11) is 0. The molecule has 0 atom stereocenters. The molecule has 0 unspecified atom stereocenters. The summed E-state index contributed by atoms with van der Waals surface area (Å²) >= 11 is 1.47. The van der Waals surface area contributed by atoms with Crippen LogP contribution in [0, 0.1) is 30.9 Å². The number of aryl methyl sites for hydroxylation is 3. The molecule has 0 N–H and O–H groups in total. The zero-order chi connectivity index (χ0) is 22.8. The van der Waals surface area contributed by atoms with Crippen molar-refractivity contribution < 1.29 is 9.72 Å². The van der Waals surface area contributed by atoms with Gasteiger partial charge in [-0.2, -0.15) is 0 Å². The Kier molecular flexibility index (Phi) is 6.00. The van der Waals surface area contributed by atoms with Crippen molar-refractivity contribution in [1.82, 2.24) is 14.5 Å². The van der Waals surface area contributed by atoms with Gasteiger partial charge in [0.1, 0.15) is 0 Å². The molecule has 0 saturated heterocycles. The van der Waals surface area contributed by atoms with E-state index >= 15 is 0 Å². The first-order valence-corrected chi connectivity index (χ1v) is 11.1. The van der Waals surface area contributed by atoms with Gasteiger partial charge in [-0.15, -0.1) is 0 Å². The summed E-state index contributed by atoms with van der Waals surface area (Å²) < 4.78 is 2.99. The molecule has 0 aliphatic rings. The number of imidazole rings is 1. The number of rotatable bonds is 7. The lowest BCUT2D eigenvalue weighted by Gasteiger charge is -2.21. The number of nitro groups is 1. The minimum Gasteiger partial charge on any atom is -0.337 e. The lowest BCUT2D eigenvalue weighted by Crippen LogP contribution is -2.33. The van der Waals surface area contributed by atoms with Crippen molar-refractivity contribution in [3.8, 4) is 0 Å². The van der Waals surface area contributed by atoms with Crippen molar-refractivity contribution in [3.05, 3.63) is 81.4 Å². The second kappa shape index (κ2) is 8.88. The number of nitro benzene ring substituents is 1. The number of benzene rings is 2. The van der Waals surface area contributed by atoms with Gasteiger partial charge in [0.15, 0.2) is 5.13 Å². The Labute approximate surface area is 189 Å². The number of nitrogens with zero attached hydrogens (tertiary/aromatic N) is 5. The monoisotopic (exact) mass is 449 g/mol. The summed E-state index contributed by atoms with van der Waals surface area (Å²) in [6, 6.07) is 8.71. The van der Waals surface area contributed by atoms with Crippen LogP contribution in [0.4, 0.5) is 10.8 Å². The summed E-state index contributed by atoms with van der Waals surface area (Å²) in [4.78, 5) is 35.0. The molecule has 0 aliphatic carbocycles. The van der Waals surface area contributed by atoms with Gasteiger partial charge in [-0.3, -0.25) is 19.8 Å². The Hall–Kier alpha value is -3.59. The van der Waals surface area contributed by atoms with Gasteiger partial charge in [-0.25, -0.2) is 9.97 Å². The summed E-state index contributed by atoms with van der Waals surface area (Å²) in [5.41, 5.74) is 3.68. The fraction of sp³-hybridized carbons (Fsp3) is 0.261. The largest absolute Gasteiger partial charge is 0.337 e. The van der Waals surface area contributed by atoms with E-state index in [9.17, 15) is 14.9 Å². The highest BCUT2D eigenvalue weighted by atomic mass is 32.1. The number of thiazole rings is 1. The molecule has 0 saturated carbocycles. The second-order valence-electron chi connectivity index (χ2n) is 7.74. The number of fused-ring (bicyclic) bond motifs is 1. The Morgan fingerprint density at radius 1 is 1.25 bits per heavy atom. The standard InChI is InChI=1S/C23H23N5O3S/c1-15-12-16(2)21-19(13-15)25-23(32-21)27(10-5-9-26-11-8-24-14-26)22(29)18-6-4-7-20(17(18)3)28(30)31/h4,6-8,11-14H,5,9-10H2,1-3H3. The number of amides is 1. The van der Waals surface area contributed by atoms with Crippen LogP contribution in [0.3, 0.4) is 0 Å². The van der Waals surface area contributed by atoms with Crippen molar-refractivity contribution in [3.63, 3.8) is 0 Å². The van der Waals surface area contributed by atoms with Gasteiger partial charge in [0.2, 0.25) is 0 Å². The molecule has 9 heteroatoms. The average Bonchev–Trinajstić information content (AvgIpc) is 3.40. The number of carbonyl (C=O) groups excluding carboxylic acids is 1. The Balaban J connectivity index is 1.72. The fourth-order valence-electron chi connectivity index (χ4n) is 3.79. The van der Waals surface area contributed by atoms with Crippen molar-refractivity contribution in [1.29, 1.82) is 0 Å². The number of hydrogen-bond acceptors (Lipinski definition) is 6. The molecule has 0 spiro atoms. The van der Waals surface area contributed by atoms with Crippen LogP contribution in [0.15, 0.2) is 49.1 Å². The third kappa shape index (κ3) is 4.24. The van der Waals surface area contributed by atoms with E-state index in [4.69, 9.17) is 4.98 Å². The van der Waals surface area contributed by atoms with Crippen LogP contribution >= 0.6 is 11.3 Å². The molecular formula is C23H23N5O3S. The molecule has 4 rings (SSSR count). The van der Waals surface area contributed by atoms with E-state index in [1.807, 2.05) is 30.7 Å². The van der Waals surface area contributed by atoms with E-state index in [0.29, 0.717) is 35.8 Å². The lowest BCUT2D eigenvalue weighted by molar-refractivity contribution is -0.385. The number of aromatic nitrogens is 3. The molecular weight excluding hydrogens is 426 g/mol. The van der Waals surface area contributed by atoms with E-state index in [0.717, 1.165) is 21.3 Å². The van der Waals surface area contributed by atoms with Crippen LogP contribution in [0.25, 0.3) is 10.2 Å². The normalized spacial score (nSPS) is 11.1. The van der Waals surface area contributed by atoms with Crippen molar-refractivity contribution in [2.45, 2.75) is 33.7 Å². The van der Waals surface area contributed by atoms with Crippen molar-refractivity contribution >= 4 is 38.3 Å². The smallest absolute Gasteiger partial charge is 0.273 e. The zero-order valence-electron chi connectivity index (χ0n) is 18.1. The minimum atomic E-state index is -0.459. The second-order valence-corrected chi connectivity index (χ2v) is 8.72. The first-order chi connectivity index (χ1) is 15.3. The van der Waals surface area contributed by atoms with E-state index in [-0.39, 0.29) is 11.6 Å². The van der Waals surface area contributed by atoms with Gasteiger partial charge in [0.25, 0.3) is 11.6 Å². The SMILES string of the molecule is Cc1cc(C)c2sc(N(CCCn3ccnc3)C(=O)c3cccc([N+](=O)[O-])c3C)nc2c1. The maximum atomic E-state index is 13.6. The summed E-state index contributed by atoms with van der Waals surface area (Å²) in [5.74, 6) is -0.287. The van der Waals surface area contributed by atoms with Crippen LogP contribution in [-0.4, -0.2) is 31.9 Å². The molecule has 0 fully saturated rings. The maximum absolute atomic E-state index is 13.6. The van der Waals surface area contributed by atoms with Gasteiger partial charge < -0.3 is 4.57 Å². The van der Waals surface area contributed by atoms with E-state index in [1.54, 1.807) is 36.5 Å². The van der Waals surface area contributed by atoms with E-state index in [1.165, 1.54) is 17.4 Å². The van der Waals surface area contributed by atoms with Crippen molar-refractivity contribution in [2.75, 3.05) is 11.4 Å². The molecule has 4 aromatic rings. The molecule has 0 aliphatic heterocycles. The van der Waals surface area contributed by atoms with Gasteiger partial charge in [-0.05, 0) is 50.5 Å². The highest BCUT2D eigenvalue weighted by Gasteiger charge is 2.25. The van der Waals surface area contributed by atoms with Gasteiger partial charge in [0.05, 0.1) is 21.5 Å². The van der Waals surface area contributed by atoms with E-state index < -0.39 is 4.92 Å². The number of hydrogen-bond donors (Lipinski definition) is 0. The number of carbonyl (C=O) groups is 1. The summed E-state index contributed by atoms with van der Waals surface area (Å²) in [6.07, 6.45) is 6.01. The molecule has 8 nitrogen and oxygen atoms in total. The minimum absolute atomic E-state index is 0.0648. The van der Waals surface area contributed by atoms with Crippen LogP contribution < -0.4 is 4.90 Å². The van der Waals surface area contributed by atoms with Crippen LogP contribution in [-0.2, 0) is 6.54 Å². The molecule has 0 radical (unpaired) electrons. The first-order valence-electron chi connectivity index (χ1n) is 10.2. The predicted octanol–water partition coefficient (Wildman–Crippen LogP) is 5.06.